The fourth-order valence-corrected chi connectivity index (χ4v) is 2.46. The van der Waals surface area contributed by atoms with Gasteiger partial charge in [0.1, 0.15) is 10.8 Å². The Labute approximate surface area is 123 Å². The highest BCUT2D eigenvalue weighted by Crippen LogP contribution is 2.33. The molecular formula is C14H17Cl2N3. The first-order valence-electron chi connectivity index (χ1n) is 6.06. The molecule has 19 heavy (non-hydrogen) atoms. The molecule has 0 unspecified atom stereocenters. The minimum Gasteiger partial charge on any atom is -0.383 e. The summed E-state index contributed by atoms with van der Waals surface area (Å²) in [4.78, 5) is 0. The molecule has 5 heteroatoms. The van der Waals surface area contributed by atoms with Gasteiger partial charge in [-0.25, -0.2) is 4.68 Å². The number of nitrogens with zero attached hydrogens (tertiary/aromatic N) is 2. The van der Waals surface area contributed by atoms with Crippen molar-refractivity contribution < 1.29 is 0 Å². The number of aromatic nitrogens is 2. The quantitative estimate of drug-likeness (QED) is 0.906. The Hall–Kier alpha value is -1.19. The molecule has 0 amide bonds. The van der Waals surface area contributed by atoms with Gasteiger partial charge in [0.25, 0.3) is 0 Å². The molecule has 1 aromatic heterocycles. The molecule has 0 saturated carbocycles. The van der Waals surface area contributed by atoms with Crippen LogP contribution in [0.3, 0.4) is 0 Å². The lowest BCUT2D eigenvalue weighted by atomic mass is 9.92. The molecule has 0 atom stereocenters. The van der Waals surface area contributed by atoms with Gasteiger partial charge < -0.3 is 5.73 Å². The summed E-state index contributed by atoms with van der Waals surface area (Å²) in [5.74, 6) is 0.478. The predicted octanol–water partition coefficient (Wildman–Crippen LogP) is 4.12. The zero-order valence-electron chi connectivity index (χ0n) is 11.2. The Morgan fingerprint density at radius 1 is 1.21 bits per heavy atom. The molecule has 0 spiro atoms. The van der Waals surface area contributed by atoms with Crippen LogP contribution in [-0.2, 0) is 12.0 Å². The summed E-state index contributed by atoms with van der Waals surface area (Å²) in [6.07, 6.45) is 0. The van der Waals surface area contributed by atoms with Gasteiger partial charge in [-0.2, -0.15) is 5.10 Å². The number of hydrogen-bond donors (Lipinski definition) is 1. The number of anilines is 1. The Kier molecular flexibility index (Phi) is 3.79. The maximum absolute atomic E-state index is 6.26. The lowest BCUT2D eigenvalue weighted by molar-refractivity contribution is 0.546. The van der Waals surface area contributed by atoms with Crippen LogP contribution in [0.1, 0.15) is 32.0 Å². The number of nitrogens with two attached hydrogens (primary N) is 1. The van der Waals surface area contributed by atoms with Crippen LogP contribution < -0.4 is 5.73 Å². The van der Waals surface area contributed by atoms with E-state index in [4.69, 9.17) is 28.9 Å². The molecule has 0 bridgehead atoms. The summed E-state index contributed by atoms with van der Waals surface area (Å²) >= 11 is 12.4. The largest absolute Gasteiger partial charge is 0.383 e. The second-order valence-corrected chi connectivity index (χ2v) is 6.33. The molecular weight excluding hydrogens is 281 g/mol. The molecule has 0 aliphatic heterocycles. The highest BCUT2D eigenvalue weighted by atomic mass is 35.5. The Balaban J connectivity index is 2.40. The van der Waals surface area contributed by atoms with Crippen molar-refractivity contribution in [3.63, 3.8) is 0 Å². The molecule has 2 N–H and O–H groups in total. The Morgan fingerprint density at radius 2 is 1.84 bits per heavy atom. The van der Waals surface area contributed by atoms with E-state index in [1.165, 1.54) is 0 Å². The molecule has 2 aromatic rings. The zero-order valence-corrected chi connectivity index (χ0v) is 12.8. The van der Waals surface area contributed by atoms with Crippen molar-refractivity contribution in [2.24, 2.45) is 0 Å². The number of hydrogen-bond acceptors (Lipinski definition) is 2. The van der Waals surface area contributed by atoms with Gasteiger partial charge in [-0.15, -0.1) is 0 Å². The first-order chi connectivity index (χ1) is 8.80. The van der Waals surface area contributed by atoms with Gasteiger partial charge in [-0.3, -0.25) is 0 Å². The van der Waals surface area contributed by atoms with Crippen molar-refractivity contribution in [3.05, 3.63) is 45.6 Å². The summed E-state index contributed by atoms with van der Waals surface area (Å²) in [6.45, 7) is 6.68. The van der Waals surface area contributed by atoms with E-state index in [0.29, 0.717) is 22.4 Å². The van der Waals surface area contributed by atoms with Crippen LogP contribution in [0.4, 0.5) is 5.82 Å². The van der Waals surface area contributed by atoms with Crippen molar-refractivity contribution >= 4 is 29.0 Å². The fraction of sp³-hybridized carbons (Fsp3) is 0.357. The highest BCUT2D eigenvalue weighted by Gasteiger charge is 2.24. The minimum atomic E-state index is -0.142. The van der Waals surface area contributed by atoms with Gasteiger partial charge in [0, 0.05) is 10.4 Å². The van der Waals surface area contributed by atoms with Crippen LogP contribution in [0.25, 0.3) is 0 Å². The SMILES string of the molecule is CC(C)(C)c1nn(Cc2ccccc2Cl)c(N)c1Cl. The fourth-order valence-electron chi connectivity index (χ4n) is 1.84. The van der Waals surface area contributed by atoms with E-state index in [1.54, 1.807) is 4.68 Å². The second kappa shape index (κ2) is 5.06. The van der Waals surface area contributed by atoms with Crippen LogP contribution in [0.15, 0.2) is 24.3 Å². The molecule has 0 aliphatic rings. The topological polar surface area (TPSA) is 43.8 Å². The second-order valence-electron chi connectivity index (χ2n) is 5.55. The van der Waals surface area contributed by atoms with Gasteiger partial charge in [-0.1, -0.05) is 62.2 Å². The maximum Gasteiger partial charge on any atom is 0.141 e. The number of halogens is 2. The Morgan fingerprint density at radius 3 is 2.37 bits per heavy atom. The van der Waals surface area contributed by atoms with Crippen LogP contribution in [0, 0.1) is 0 Å². The lowest BCUT2D eigenvalue weighted by Crippen LogP contribution is -2.13. The number of rotatable bonds is 2. The lowest BCUT2D eigenvalue weighted by Gasteiger charge is -2.15. The van der Waals surface area contributed by atoms with E-state index >= 15 is 0 Å². The molecule has 3 nitrogen and oxygen atoms in total. The average Bonchev–Trinajstić information content (AvgIpc) is 2.60. The normalized spacial score (nSPS) is 11.8. The third-order valence-corrected chi connectivity index (χ3v) is 3.66. The van der Waals surface area contributed by atoms with E-state index in [-0.39, 0.29) is 5.41 Å². The summed E-state index contributed by atoms with van der Waals surface area (Å²) < 4.78 is 1.70. The standard InChI is InChI=1S/C14H17Cl2N3/c1-14(2,3)12-11(16)13(17)19(18-12)8-9-6-4-5-7-10(9)15/h4-7H,8,17H2,1-3H3. The molecule has 0 fully saturated rings. The number of nitrogen functional groups attached to an aromatic ring is 1. The molecule has 2 rings (SSSR count). The van der Waals surface area contributed by atoms with Crippen molar-refractivity contribution in [1.29, 1.82) is 0 Å². The van der Waals surface area contributed by atoms with Gasteiger partial charge in [-0.05, 0) is 11.6 Å². The first-order valence-corrected chi connectivity index (χ1v) is 6.82. The van der Waals surface area contributed by atoms with Crippen molar-refractivity contribution in [1.82, 2.24) is 9.78 Å². The Bertz CT molecular complexity index is 597. The van der Waals surface area contributed by atoms with Crippen molar-refractivity contribution in [3.8, 4) is 0 Å². The van der Waals surface area contributed by atoms with E-state index in [9.17, 15) is 0 Å². The van der Waals surface area contributed by atoms with Crippen LogP contribution in [0.5, 0.6) is 0 Å². The molecule has 1 heterocycles. The van der Waals surface area contributed by atoms with Crippen LogP contribution in [0.2, 0.25) is 10.0 Å². The molecule has 1 aromatic carbocycles. The summed E-state index contributed by atoms with van der Waals surface area (Å²) in [7, 11) is 0. The molecule has 0 aliphatic carbocycles. The van der Waals surface area contributed by atoms with Gasteiger partial charge in [0.2, 0.25) is 0 Å². The van der Waals surface area contributed by atoms with E-state index < -0.39 is 0 Å². The average molecular weight is 298 g/mol. The maximum atomic E-state index is 6.26. The number of benzene rings is 1. The monoisotopic (exact) mass is 297 g/mol. The van der Waals surface area contributed by atoms with Crippen LogP contribution in [-0.4, -0.2) is 9.78 Å². The van der Waals surface area contributed by atoms with E-state index in [1.807, 2.05) is 24.3 Å². The highest BCUT2D eigenvalue weighted by molar-refractivity contribution is 6.33. The molecule has 102 valence electrons. The zero-order chi connectivity index (χ0) is 14.2. The molecule has 0 saturated heterocycles. The summed E-state index contributed by atoms with van der Waals surface area (Å²) in [5.41, 5.74) is 7.65. The summed E-state index contributed by atoms with van der Waals surface area (Å²) in [6, 6.07) is 7.63. The van der Waals surface area contributed by atoms with E-state index in [2.05, 4.69) is 25.9 Å². The molecule has 0 radical (unpaired) electrons. The smallest absolute Gasteiger partial charge is 0.141 e. The predicted molar refractivity (Wildman–Crippen MR) is 80.9 cm³/mol. The third-order valence-electron chi connectivity index (χ3n) is 2.92. The van der Waals surface area contributed by atoms with Gasteiger partial charge in [0.15, 0.2) is 0 Å². The first kappa shape index (κ1) is 14.2. The van der Waals surface area contributed by atoms with E-state index in [0.717, 1.165) is 11.3 Å². The van der Waals surface area contributed by atoms with Crippen molar-refractivity contribution in [2.75, 3.05) is 5.73 Å². The minimum absolute atomic E-state index is 0.142. The van der Waals surface area contributed by atoms with Crippen LogP contribution >= 0.6 is 23.2 Å². The van der Waals surface area contributed by atoms with Crippen molar-refractivity contribution in [2.45, 2.75) is 32.7 Å². The third kappa shape index (κ3) is 2.88. The van der Waals surface area contributed by atoms with Gasteiger partial charge >= 0.3 is 0 Å². The summed E-state index contributed by atoms with van der Waals surface area (Å²) in [5, 5.41) is 5.75. The van der Waals surface area contributed by atoms with Gasteiger partial charge in [0.05, 0.1) is 12.2 Å².